The van der Waals surface area contributed by atoms with E-state index in [1.165, 1.54) is 12.7 Å². The van der Waals surface area contributed by atoms with Crippen LogP contribution in [0.25, 0.3) is 0 Å². The van der Waals surface area contributed by atoms with Gasteiger partial charge >= 0.3 is 5.97 Å². The molecule has 1 unspecified atom stereocenters. The second kappa shape index (κ2) is 9.53. The second-order valence-corrected chi connectivity index (χ2v) is 6.30. The molecule has 0 aliphatic heterocycles. The number of esters is 1. The number of hydrogen-bond donors (Lipinski definition) is 2. The van der Waals surface area contributed by atoms with Crippen LogP contribution in [0.1, 0.15) is 44.4 Å². The smallest absolute Gasteiger partial charge is 0.307 e. The Hall–Kier alpha value is -1.59. The van der Waals surface area contributed by atoms with E-state index in [9.17, 15) is 9.59 Å². The normalized spacial score (nSPS) is 12.0. The van der Waals surface area contributed by atoms with Crippen molar-refractivity contribution >= 4 is 24.3 Å². The van der Waals surface area contributed by atoms with Gasteiger partial charge in [-0.25, -0.2) is 0 Å². The third-order valence-corrected chi connectivity index (χ3v) is 3.45. The van der Waals surface area contributed by atoms with Gasteiger partial charge in [-0.2, -0.15) is 0 Å². The van der Waals surface area contributed by atoms with Crippen LogP contribution >= 0.6 is 12.4 Å². The fourth-order valence-electron chi connectivity index (χ4n) is 2.12. The van der Waals surface area contributed by atoms with Crippen LogP contribution in [-0.4, -0.2) is 32.6 Å². The third-order valence-electron chi connectivity index (χ3n) is 3.45. The van der Waals surface area contributed by atoms with Crippen LogP contribution in [0.4, 0.5) is 0 Å². The van der Waals surface area contributed by atoms with Crippen LogP contribution in [0.5, 0.6) is 0 Å². The fraction of sp³-hybridized carbons (Fsp3) is 0.529. The third kappa shape index (κ3) is 7.01. The Kier molecular flexibility index (Phi) is 8.87. The van der Waals surface area contributed by atoms with E-state index in [1.807, 2.05) is 24.3 Å². The average Bonchev–Trinajstić information content (AvgIpc) is 2.46. The Morgan fingerprint density at radius 3 is 2.17 bits per heavy atom. The number of amides is 1. The highest BCUT2D eigenvalue weighted by Crippen LogP contribution is 2.25. The summed E-state index contributed by atoms with van der Waals surface area (Å²) in [5.41, 5.74) is 2.16. The van der Waals surface area contributed by atoms with E-state index in [-0.39, 0.29) is 48.7 Å². The minimum Gasteiger partial charge on any atom is -0.469 e. The molecule has 23 heavy (non-hydrogen) atoms. The summed E-state index contributed by atoms with van der Waals surface area (Å²) >= 11 is 0. The van der Waals surface area contributed by atoms with Crippen molar-refractivity contribution in [3.05, 3.63) is 35.4 Å². The van der Waals surface area contributed by atoms with E-state index in [4.69, 9.17) is 4.74 Å². The van der Waals surface area contributed by atoms with Gasteiger partial charge in [0.1, 0.15) is 0 Å². The number of carbonyl (C=O) groups excluding carboxylic acids is 2. The SMILES string of the molecule is CNCC(=O)NC(CC(=O)OC)c1ccc(C(C)(C)C)cc1.Cl. The van der Waals surface area contributed by atoms with Crippen LogP contribution in [0.15, 0.2) is 24.3 Å². The van der Waals surface area contributed by atoms with Gasteiger partial charge in [0.15, 0.2) is 0 Å². The van der Waals surface area contributed by atoms with Crippen LogP contribution in [0.3, 0.4) is 0 Å². The largest absolute Gasteiger partial charge is 0.469 e. The fourth-order valence-corrected chi connectivity index (χ4v) is 2.12. The molecule has 0 bridgehead atoms. The number of likely N-dealkylation sites (N-methyl/N-ethyl adjacent to an activating group) is 1. The maximum absolute atomic E-state index is 11.8. The molecule has 0 radical (unpaired) electrons. The number of methoxy groups -OCH3 is 1. The molecule has 0 saturated heterocycles. The van der Waals surface area contributed by atoms with E-state index >= 15 is 0 Å². The minimum absolute atomic E-state index is 0. The zero-order valence-electron chi connectivity index (χ0n) is 14.4. The molecule has 6 heteroatoms. The first-order valence-electron chi connectivity index (χ1n) is 7.39. The number of hydrogen-bond acceptors (Lipinski definition) is 4. The lowest BCUT2D eigenvalue weighted by Crippen LogP contribution is -2.36. The molecule has 0 aliphatic rings. The van der Waals surface area contributed by atoms with Gasteiger partial charge in [-0.1, -0.05) is 45.0 Å². The maximum atomic E-state index is 11.8. The lowest BCUT2D eigenvalue weighted by molar-refractivity contribution is -0.141. The molecule has 1 rings (SSSR count). The summed E-state index contributed by atoms with van der Waals surface area (Å²) in [7, 11) is 3.05. The molecule has 1 atom stereocenters. The zero-order valence-corrected chi connectivity index (χ0v) is 15.3. The number of rotatable bonds is 6. The molecular formula is C17H27ClN2O3. The molecule has 0 heterocycles. The highest BCUT2D eigenvalue weighted by molar-refractivity contribution is 5.85. The standard InChI is InChI=1S/C17H26N2O3.ClH/c1-17(2,3)13-8-6-12(7-9-13)14(10-16(21)22-5)19-15(20)11-18-4;/h6-9,14,18H,10-11H2,1-5H3,(H,19,20);1H. The molecule has 2 N–H and O–H groups in total. The van der Waals surface area contributed by atoms with Gasteiger partial charge < -0.3 is 15.4 Å². The summed E-state index contributed by atoms with van der Waals surface area (Å²) in [6.07, 6.45) is 0.112. The van der Waals surface area contributed by atoms with Crippen molar-refractivity contribution < 1.29 is 14.3 Å². The van der Waals surface area contributed by atoms with Crippen molar-refractivity contribution in [3.63, 3.8) is 0 Å². The number of nitrogens with one attached hydrogen (secondary N) is 2. The van der Waals surface area contributed by atoms with Crippen molar-refractivity contribution in [2.45, 2.75) is 38.6 Å². The number of carbonyl (C=O) groups is 2. The van der Waals surface area contributed by atoms with Crippen molar-refractivity contribution in [1.29, 1.82) is 0 Å². The van der Waals surface area contributed by atoms with Crippen molar-refractivity contribution in [1.82, 2.24) is 10.6 Å². The Morgan fingerprint density at radius 2 is 1.74 bits per heavy atom. The molecular weight excluding hydrogens is 316 g/mol. The van der Waals surface area contributed by atoms with Gasteiger partial charge in [-0.3, -0.25) is 9.59 Å². The molecule has 0 spiro atoms. The van der Waals surface area contributed by atoms with Crippen LogP contribution in [0, 0.1) is 0 Å². The average molecular weight is 343 g/mol. The summed E-state index contributed by atoms with van der Waals surface area (Å²) in [4.78, 5) is 23.4. The lowest BCUT2D eigenvalue weighted by atomic mass is 9.86. The Balaban J connectivity index is 0.00000484. The summed E-state index contributed by atoms with van der Waals surface area (Å²) in [6, 6.07) is 7.58. The quantitative estimate of drug-likeness (QED) is 0.779. The summed E-state index contributed by atoms with van der Waals surface area (Å²) in [5.74, 6) is -0.508. The minimum atomic E-state index is -0.387. The summed E-state index contributed by atoms with van der Waals surface area (Å²) in [6.45, 7) is 6.63. The first-order valence-corrected chi connectivity index (χ1v) is 7.39. The van der Waals surface area contributed by atoms with Crippen molar-refractivity contribution in [2.75, 3.05) is 20.7 Å². The molecule has 5 nitrogen and oxygen atoms in total. The van der Waals surface area contributed by atoms with E-state index in [1.54, 1.807) is 7.05 Å². The van der Waals surface area contributed by atoms with Gasteiger partial charge in [0.2, 0.25) is 5.91 Å². The lowest BCUT2D eigenvalue weighted by Gasteiger charge is -2.22. The van der Waals surface area contributed by atoms with Gasteiger partial charge in [0, 0.05) is 0 Å². The van der Waals surface area contributed by atoms with Crippen molar-refractivity contribution in [3.8, 4) is 0 Å². The molecule has 1 aromatic carbocycles. The van der Waals surface area contributed by atoms with E-state index in [0.29, 0.717) is 0 Å². The van der Waals surface area contributed by atoms with Crippen molar-refractivity contribution in [2.24, 2.45) is 0 Å². The predicted octanol–water partition coefficient (Wildman–Crippen LogP) is 2.35. The first-order chi connectivity index (χ1) is 10.3. The monoisotopic (exact) mass is 342 g/mol. The maximum Gasteiger partial charge on any atom is 0.307 e. The highest BCUT2D eigenvalue weighted by atomic mass is 35.5. The van der Waals surface area contributed by atoms with Gasteiger partial charge in [0.25, 0.3) is 0 Å². The zero-order chi connectivity index (χ0) is 16.8. The van der Waals surface area contributed by atoms with Gasteiger partial charge in [-0.15, -0.1) is 12.4 Å². The van der Waals surface area contributed by atoms with Gasteiger partial charge in [-0.05, 0) is 23.6 Å². The Bertz CT molecular complexity index is 510. The van der Waals surface area contributed by atoms with Crippen LogP contribution in [-0.2, 0) is 19.7 Å². The van der Waals surface area contributed by atoms with E-state index < -0.39 is 0 Å². The molecule has 0 saturated carbocycles. The number of halogens is 1. The Morgan fingerprint density at radius 1 is 1.17 bits per heavy atom. The number of benzene rings is 1. The summed E-state index contributed by atoms with van der Waals surface area (Å²) in [5, 5.41) is 5.65. The predicted molar refractivity (Wildman–Crippen MR) is 93.8 cm³/mol. The summed E-state index contributed by atoms with van der Waals surface area (Å²) < 4.78 is 4.72. The molecule has 0 aliphatic carbocycles. The van der Waals surface area contributed by atoms with Gasteiger partial charge in [0.05, 0.1) is 26.1 Å². The topological polar surface area (TPSA) is 67.4 Å². The number of ether oxygens (including phenoxy) is 1. The van der Waals surface area contributed by atoms with Crippen LogP contribution < -0.4 is 10.6 Å². The highest BCUT2D eigenvalue weighted by Gasteiger charge is 2.20. The Labute approximate surface area is 144 Å². The van der Waals surface area contributed by atoms with E-state index in [0.717, 1.165) is 5.56 Å². The molecule has 1 aromatic rings. The van der Waals surface area contributed by atoms with E-state index in [2.05, 4.69) is 31.4 Å². The first kappa shape index (κ1) is 21.4. The molecule has 1 amide bonds. The molecule has 130 valence electrons. The molecule has 0 fully saturated rings. The second-order valence-electron chi connectivity index (χ2n) is 6.30. The molecule has 0 aromatic heterocycles. The van der Waals surface area contributed by atoms with Crippen LogP contribution in [0.2, 0.25) is 0 Å².